The van der Waals surface area contributed by atoms with Crippen LogP contribution in [0.2, 0.25) is 0 Å². The van der Waals surface area contributed by atoms with Gasteiger partial charge in [0.2, 0.25) is 5.91 Å². The summed E-state index contributed by atoms with van der Waals surface area (Å²) >= 11 is 3.20. The van der Waals surface area contributed by atoms with E-state index >= 15 is 0 Å². The highest BCUT2D eigenvalue weighted by Gasteiger charge is 2.45. The molecule has 2 rings (SSSR count). The molecule has 1 aromatic carbocycles. The van der Waals surface area contributed by atoms with E-state index in [9.17, 15) is 19.1 Å². The van der Waals surface area contributed by atoms with Crippen LogP contribution in [0.25, 0.3) is 0 Å². The number of hydrogen-bond donors (Lipinski definition) is 2. The average Bonchev–Trinajstić information content (AvgIpc) is 2.40. The predicted molar refractivity (Wildman–Crippen MR) is 84.0 cm³/mol. The number of carbonyl (C=O) groups excluding carboxylic acids is 1. The highest BCUT2D eigenvalue weighted by atomic mass is 79.9. The first-order valence-electron chi connectivity index (χ1n) is 7.37. The van der Waals surface area contributed by atoms with E-state index in [0.29, 0.717) is 42.3 Å². The number of rotatable bonds is 7. The Labute approximate surface area is 137 Å². The zero-order valence-electron chi connectivity index (χ0n) is 12.2. The SMILES string of the molecule is O=C(CC1(C(=O)O)CCC1)NCCCc1ccc(Br)cc1F. The highest BCUT2D eigenvalue weighted by Crippen LogP contribution is 2.44. The van der Waals surface area contributed by atoms with E-state index < -0.39 is 11.4 Å². The van der Waals surface area contributed by atoms with Crippen molar-refractivity contribution in [1.29, 1.82) is 0 Å². The molecule has 6 heteroatoms. The van der Waals surface area contributed by atoms with Gasteiger partial charge in [-0.05, 0) is 43.4 Å². The summed E-state index contributed by atoms with van der Waals surface area (Å²) in [5.74, 6) is -1.38. The molecule has 4 nitrogen and oxygen atoms in total. The smallest absolute Gasteiger partial charge is 0.310 e. The lowest BCUT2D eigenvalue weighted by atomic mass is 9.66. The van der Waals surface area contributed by atoms with Crippen molar-refractivity contribution in [2.45, 2.75) is 38.5 Å². The van der Waals surface area contributed by atoms with Gasteiger partial charge in [-0.1, -0.05) is 28.4 Å². The Morgan fingerprint density at radius 2 is 2.09 bits per heavy atom. The first-order valence-corrected chi connectivity index (χ1v) is 8.16. The van der Waals surface area contributed by atoms with Crippen molar-refractivity contribution in [2.75, 3.05) is 6.54 Å². The third-order valence-electron chi connectivity index (χ3n) is 4.22. The van der Waals surface area contributed by atoms with E-state index in [0.717, 1.165) is 6.42 Å². The van der Waals surface area contributed by atoms with Crippen molar-refractivity contribution in [1.82, 2.24) is 5.32 Å². The van der Waals surface area contributed by atoms with Crippen molar-refractivity contribution in [3.05, 3.63) is 34.1 Å². The van der Waals surface area contributed by atoms with Crippen LogP contribution < -0.4 is 5.32 Å². The summed E-state index contributed by atoms with van der Waals surface area (Å²) in [4.78, 5) is 23.0. The van der Waals surface area contributed by atoms with E-state index in [1.165, 1.54) is 6.07 Å². The van der Waals surface area contributed by atoms with E-state index in [4.69, 9.17) is 0 Å². The summed E-state index contributed by atoms with van der Waals surface area (Å²) in [6.45, 7) is 0.421. The van der Waals surface area contributed by atoms with Gasteiger partial charge in [0.25, 0.3) is 0 Å². The molecule has 0 atom stereocenters. The second-order valence-electron chi connectivity index (χ2n) is 5.81. The number of carbonyl (C=O) groups is 2. The fourth-order valence-corrected chi connectivity index (χ4v) is 3.00. The standard InChI is InChI=1S/C16H19BrFNO3/c17-12-5-4-11(13(18)9-12)3-1-8-19-14(20)10-16(15(21)22)6-2-7-16/h4-5,9H,1-3,6-8,10H2,(H,19,20)(H,21,22). The van der Waals surface area contributed by atoms with Gasteiger partial charge >= 0.3 is 5.97 Å². The number of halogens is 2. The second-order valence-corrected chi connectivity index (χ2v) is 6.72. The molecule has 0 bridgehead atoms. The van der Waals surface area contributed by atoms with Crippen LogP contribution in [0.3, 0.4) is 0 Å². The van der Waals surface area contributed by atoms with Crippen LogP contribution in [-0.4, -0.2) is 23.5 Å². The molecule has 0 saturated heterocycles. The summed E-state index contributed by atoms with van der Waals surface area (Å²) in [7, 11) is 0. The Bertz CT molecular complexity index is 573. The first kappa shape index (κ1) is 16.9. The summed E-state index contributed by atoms with van der Waals surface area (Å²) < 4.78 is 14.3. The minimum atomic E-state index is -0.883. The van der Waals surface area contributed by atoms with Gasteiger partial charge < -0.3 is 10.4 Å². The lowest BCUT2D eigenvalue weighted by molar-refractivity contribution is -0.157. The molecule has 1 aliphatic carbocycles. The summed E-state index contributed by atoms with van der Waals surface area (Å²) in [6, 6.07) is 4.92. The summed E-state index contributed by atoms with van der Waals surface area (Å²) in [6.07, 6.45) is 3.19. The molecule has 0 unspecified atom stereocenters. The van der Waals surface area contributed by atoms with Crippen LogP contribution in [0.1, 0.15) is 37.7 Å². The van der Waals surface area contributed by atoms with Crippen molar-refractivity contribution in [3.8, 4) is 0 Å². The Hall–Kier alpha value is -1.43. The molecule has 0 aromatic heterocycles. The van der Waals surface area contributed by atoms with Gasteiger partial charge in [0.15, 0.2) is 0 Å². The largest absolute Gasteiger partial charge is 0.481 e. The Balaban J connectivity index is 1.72. The molecule has 2 N–H and O–H groups in total. The van der Waals surface area contributed by atoms with Crippen LogP contribution in [0.5, 0.6) is 0 Å². The van der Waals surface area contributed by atoms with Gasteiger partial charge in [-0.2, -0.15) is 0 Å². The minimum Gasteiger partial charge on any atom is -0.481 e. The number of carboxylic acids is 1. The number of nitrogens with one attached hydrogen (secondary N) is 1. The molecular weight excluding hydrogens is 353 g/mol. The van der Waals surface area contributed by atoms with Crippen molar-refractivity contribution in [3.63, 3.8) is 0 Å². The normalized spacial score (nSPS) is 15.9. The number of aliphatic carboxylic acids is 1. The minimum absolute atomic E-state index is 0.0367. The number of carboxylic acid groups (broad SMARTS) is 1. The van der Waals surface area contributed by atoms with Crippen LogP contribution in [0.4, 0.5) is 4.39 Å². The maximum absolute atomic E-state index is 13.6. The maximum Gasteiger partial charge on any atom is 0.310 e. The van der Waals surface area contributed by atoms with Gasteiger partial charge in [0.05, 0.1) is 5.41 Å². The van der Waals surface area contributed by atoms with Crippen molar-refractivity contribution in [2.24, 2.45) is 5.41 Å². The fraction of sp³-hybridized carbons (Fsp3) is 0.500. The third kappa shape index (κ3) is 4.06. The van der Waals surface area contributed by atoms with Gasteiger partial charge in [-0.15, -0.1) is 0 Å². The molecular formula is C16H19BrFNO3. The van der Waals surface area contributed by atoms with Crippen LogP contribution >= 0.6 is 15.9 Å². The molecule has 0 heterocycles. The maximum atomic E-state index is 13.6. The molecule has 120 valence electrons. The molecule has 1 saturated carbocycles. The summed E-state index contributed by atoms with van der Waals surface area (Å²) in [5.41, 5.74) is -0.250. The number of amides is 1. The Morgan fingerprint density at radius 3 is 2.64 bits per heavy atom. The van der Waals surface area contributed by atoms with Crippen LogP contribution in [0, 0.1) is 11.2 Å². The summed E-state index contributed by atoms with van der Waals surface area (Å²) in [5, 5.41) is 11.9. The molecule has 22 heavy (non-hydrogen) atoms. The topological polar surface area (TPSA) is 66.4 Å². The lowest BCUT2D eigenvalue weighted by Crippen LogP contribution is -2.42. The van der Waals surface area contributed by atoms with Crippen molar-refractivity contribution >= 4 is 27.8 Å². The van der Waals surface area contributed by atoms with Crippen LogP contribution in [0.15, 0.2) is 22.7 Å². The van der Waals surface area contributed by atoms with E-state index in [1.807, 2.05) is 0 Å². The van der Waals surface area contributed by atoms with Gasteiger partial charge in [-0.25, -0.2) is 4.39 Å². The fourth-order valence-electron chi connectivity index (χ4n) is 2.67. The molecule has 1 amide bonds. The van der Waals surface area contributed by atoms with E-state index in [2.05, 4.69) is 21.2 Å². The third-order valence-corrected chi connectivity index (χ3v) is 4.72. The zero-order chi connectivity index (χ0) is 16.2. The first-order chi connectivity index (χ1) is 10.4. The lowest BCUT2D eigenvalue weighted by Gasteiger charge is -2.36. The molecule has 0 aliphatic heterocycles. The second kappa shape index (κ2) is 7.22. The molecule has 1 aliphatic rings. The Morgan fingerprint density at radius 1 is 1.36 bits per heavy atom. The monoisotopic (exact) mass is 371 g/mol. The molecule has 0 radical (unpaired) electrons. The Kier molecular flexibility index (Phi) is 5.56. The highest BCUT2D eigenvalue weighted by molar-refractivity contribution is 9.10. The zero-order valence-corrected chi connectivity index (χ0v) is 13.8. The molecule has 0 spiro atoms. The number of benzene rings is 1. The van der Waals surface area contributed by atoms with Crippen molar-refractivity contribution < 1.29 is 19.1 Å². The molecule has 1 aromatic rings. The van der Waals surface area contributed by atoms with Crippen LogP contribution in [-0.2, 0) is 16.0 Å². The number of hydrogen-bond acceptors (Lipinski definition) is 2. The number of aryl methyl sites for hydroxylation is 1. The average molecular weight is 372 g/mol. The van der Waals surface area contributed by atoms with E-state index in [1.54, 1.807) is 12.1 Å². The van der Waals surface area contributed by atoms with Gasteiger partial charge in [-0.3, -0.25) is 9.59 Å². The quantitative estimate of drug-likeness (QED) is 0.722. The molecule has 1 fully saturated rings. The van der Waals surface area contributed by atoms with Gasteiger partial charge in [0.1, 0.15) is 5.82 Å². The van der Waals surface area contributed by atoms with Gasteiger partial charge in [0, 0.05) is 17.4 Å². The van der Waals surface area contributed by atoms with E-state index in [-0.39, 0.29) is 18.1 Å². The predicted octanol–water partition coefficient (Wildman–Crippen LogP) is 3.28.